The number of rotatable bonds is 6. The van der Waals surface area contributed by atoms with Crippen molar-refractivity contribution in [2.45, 2.75) is 13.0 Å². The van der Waals surface area contributed by atoms with Crippen LogP contribution in [-0.2, 0) is 25.4 Å². The molecule has 0 amide bonds. The second kappa shape index (κ2) is 7.53. The number of ether oxygens (including phenoxy) is 1. The van der Waals surface area contributed by atoms with E-state index in [0.29, 0.717) is 12.1 Å². The van der Waals surface area contributed by atoms with E-state index in [2.05, 4.69) is 10.2 Å². The van der Waals surface area contributed by atoms with Gasteiger partial charge in [0.2, 0.25) is 0 Å². The summed E-state index contributed by atoms with van der Waals surface area (Å²) in [5.41, 5.74) is 0.0980. The molecule has 0 spiro atoms. The van der Waals surface area contributed by atoms with E-state index in [9.17, 15) is 9.59 Å². The lowest BCUT2D eigenvalue weighted by Gasteiger charge is -2.26. The van der Waals surface area contributed by atoms with Gasteiger partial charge in [-0.15, -0.1) is 0 Å². The van der Waals surface area contributed by atoms with E-state index in [1.165, 1.54) is 11.6 Å². The summed E-state index contributed by atoms with van der Waals surface area (Å²) in [5, 5.41) is 3.27. The highest BCUT2D eigenvalue weighted by Gasteiger charge is 2.09. The number of aryl methyl sites for hydroxylation is 1. The summed E-state index contributed by atoms with van der Waals surface area (Å²) >= 11 is 0. The Morgan fingerprint density at radius 1 is 1.24 bits per heavy atom. The summed E-state index contributed by atoms with van der Waals surface area (Å²) in [6.07, 6.45) is 2.64. The maximum absolute atomic E-state index is 11.9. The molecule has 0 unspecified atom stereocenters. The van der Waals surface area contributed by atoms with Gasteiger partial charge in [0.15, 0.2) is 0 Å². The first-order valence-corrected chi connectivity index (χ1v) is 7.36. The van der Waals surface area contributed by atoms with Crippen LogP contribution in [0.5, 0.6) is 0 Å². The number of hydrogen-bond acceptors (Lipinski definition) is 5. The standard InChI is InChI=1S/C14H24N4O3/c1-16-11-12(13(19)17(2)14(16)20)10-15-4-3-5-18-6-8-21-9-7-18/h11,15H,3-10H2,1-2H3. The number of morpholine rings is 1. The topological polar surface area (TPSA) is 68.5 Å². The summed E-state index contributed by atoms with van der Waals surface area (Å²) < 4.78 is 7.89. The van der Waals surface area contributed by atoms with Gasteiger partial charge < -0.3 is 14.6 Å². The fourth-order valence-corrected chi connectivity index (χ4v) is 2.48. The van der Waals surface area contributed by atoms with Crippen LogP contribution in [0.15, 0.2) is 15.8 Å². The summed E-state index contributed by atoms with van der Waals surface area (Å²) in [4.78, 5) is 25.9. The van der Waals surface area contributed by atoms with E-state index in [1.54, 1.807) is 13.2 Å². The van der Waals surface area contributed by atoms with Gasteiger partial charge in [-0.05, 0) is 19.5 Å². The zero-order chi connectivity index (χ0) is 15.2. The molecule has 0 bridgehead atoms. The molecule has 1 aliphatic heterocycles. The summed E-state index contributed by atoms with van der Waals surface area (Å²) in [6.45, 7) is 6.03. The maximum Gasteiger partial charge on any atom is 0.330 e. The van der Waals surface area contributed by atoms with Gasteiger partial charge in [0.05, 0.1) is 13.2 Å². The lowest BCUT2D eigenvalue weighted by molar-refractivity contribution is 0.0374. The first kappa shape index (κ1) is 15.9. The van der Waals surface area contributed by atoms with Crippen molar-refractivity contribution in [2.75, 3.05) is 39.4 Å². The SMILES string of the molecule is Cn1cc(CNCCCN2CCOCC2)c(=O)n(C)c1=O. The Balaban J connectivity index is 1.76. The molecule has 1 aromatic rings. The molecule has 2 heterocycles. The van der Waals surface area contributed by atoms with E-state index in [1.807, 2.05) is 0 Å². The molecule has 1 N–H and O–H groups in total. The Kier molecular flexibility index (Phi) is 5.72. The molecule has 1 aliphatic rings. The van der Waals surface area contributed by atoms with Crippen LogP contribution < -0.4 is 16.6 Å². The number of nitrogens with one attached hydrogen (secondary N) is 1. The average Bonchev–Trinajstić information content (AvgIpc) is 2.50. The molecule has 0 aromatic carbocycles. The second-order valence-corrected chi connectivity index (χ2v) is 5.40. The summed E-state index contributed by atoms with van der Waals surface area (Å²) in [5.74, 6) is 0. The van der Waals surface area contributed by atoms with E-state index in [4.69, 9.17) is 4.74 Å². The van der Waals surface area contributed by atoms with Gasteiger partial charge in [-0.3, -0.25) is 14.3 Å². The third-order valence-corrected chi connectivity index (χ3v) is 3.76. The largest absolute Gasteiger partial charge is 0.379 e. The molecule has 0 radical (unpaired) electrons. The van der Waals surface area contributed by atoms with Gasteiger partial charge >= 0.3 is 5.69 Å². The van der Waals surface area contributed by atoms with Crippen LogP contribution in [0.4, 0.5) is 0 Å². The highest BCUT2D eigenvalue weighted by atomic mass is 16.5. The van der Waals surface area contributed by atoms with Crippen LogP contribution in [0.1, 0.15) is 12.0 Å². The van der Waals surface area contributed by atoms with Gasteiger partial charge in [-0.25, -0.2) is 4.79 Å². The number of nitrogens with zero attached hydrogens (tertiary/aromatic N) is 3. The molecule has 7 heteroatoms. The van der Waals surface area contributed by atoms with Crippen molar-refractivity contribution >= 4 is 0 Å². The van der Waals surface area contributed by atoms with E-state index < -0.39 is 0 Å². The van der Waals surface area contributed by atoms with E-state index in [-0.39, 0.29) is 11.2 Å². The molecule has 1 saturated heterocycles. The van der Waals surface area contributed by atoms with Crippen LogP contribution in [-0.4, -0.2) is 53.4 Å². The fourth-order valence-electron chi connectivity index (χ4n) is 2.48. The summed E-state index contributed by atoms with van der Waals surface area (Å²) in [6, 6.07) is 0. The van der Waals surface area contributed by atoms with Gasteiger partial charge in [0.1, 0.15) is 0 Å². The Bertz CT molecular complexity index is 573. The molecular weight excluding hydrogens is 272 g/mol. The molecule has 7 nitrogen and oxygen atoms in total. The smallest absolute Gasteiger partial charge is 0.330 e. The number of aromatic nitrogens is 2. The van der Waals surface area contributed by atoms with Gasteiger partial charge in [-0.1, -0.05) is 0 Å². The molecule has 0 saturated carbocycles. The van der Waals surface area contributed by atoms with Crippen LogP contribution in [0.3, 0.4) is 0 Å². The quantitative estimate of drug-likeness (QED) is 0.675. The molecule has 2 rings (SSSR count). The Labute approximate surface area is 124 Å². The van der Waals surface area contributed by atoms with Crippen molar-refractivity contribution < 1.29 is 4.74 Å². The van der Waals surface area contributed by atoms with E-state index >= 15 is 0 Å². The minimum atomic E-state index is -0.295. The molecular formula is C14H24N4O3. The lowest BCUT2D eigenvalue weighted by Crippen LogP contribution is -2.40. The third-order valence-electron chi connectivity index (χ3n) is 3.76. The third kappa shape index (κ3) is 4.26. The molecule has 1 aromatic heterocycles. The zero-order valence-corrected chi connectivity index (χ0v) is 12.8. The molecule has 1 fully saturated rings. The Morgan fingerprint density at radius 3 is 2.67 bits per heavy atom. The highest BCUT2D eigenvalue weighted by molar-refractivity contribution is 5.05. The van der Waals surface area contributed by atoms with Crippen molar-refractivity contribution in [3.8, 4) is 0 Å². The number of hydrogen-bond donors (Lipinski definition) is 1. The average molecular weight is 296 g/mol. The summed E-state index contributed by atoms with van der Waals surface area (Å²) in [7, 11) is 3.16. The van der Waals surface area contributed by atoms with Crippen LogP contribution in [0.25, 0.3) is 0 Å². The van der Waals surface area contributed by atoms with Crippen molar-refractivity contribution in [2.24, 2.45) is 14.1 Å². The Morgan fingerprint density at radius 2 is 1.95 bits per heavy atom. The maximum atomic E-state index is 11.9. The minimum absolute atomic E-state index is 0.223. The molecule has 118 valence electrons. The highest BCUT2D eigenvalue weighted by Crippen LogP contribution is 1.97. The predicted molar refractivity (Wildman–Crippen MR) is 80.5 cm³/mol. The van der Waals surface area contributed by atoms with Gasteiger partial charge in [-0.2, -0.15) is 0 Å². The molecule has 21 heavy (non-hydrogen) atoms. The van der Waals surface area contributed by atoms with E-state index in [0.717, 1.165) is 50.4 Å². The van der Waals surface area contributed by atoms with Crippen molar-refractivity contribution in [3.05, 3.63) is 32.6 Å². The van der Waals surface area contributed by atoms with Gasteiger partial charge in [0, 0.05) is 45.5 Å². The monoisotopic (exact) mass is 296 g/mol. The normalized spacial score (nSPS) is 16.3. The van der Waals surface area contributed by atoms with Crippen LogP contribution >= 0.6 is 0 Å². The lowest BCUT2D eigenvalue weighted by atomic mass is 10.3. The molecule has 0 aliphatic carbocycles. The fraction of sp³-hybridized carbons (Fsp3) is 0.714. The zero-order valence-electron chi connectivity index (χ0n) is 12.8. The predicted octanol–water partition coefficient (Wildman–Crippen LogP) is -1.10. The first-order valence-electron chi connectivity index (χ1n) is 7.36. The minimum Gasteiger partial charge on any atom is -0.379 e. The van der Waals surface area contributed by atoms with Crippen molar-refractivity contribution in [1.29, 1.82) is 0 Å². The van der Waals surface area contributed by atoms with Crippen LogP contribution in [0, 0.1) is 0 Å². The van der Waals surface area contributed by atoms with Gasteiger partial charge in [0.25, 0.3) is 5.56 Å². The molecule has 0 atom stereocenters. The van der Waals surface area contributed by atoms with Crippen molar-refractivity contribution in [1.82, 2.24) is 19.4 Å². The Hall–Kier alpha value is -1.44. The van der Waals surface area contributed by atoms with Crippen LogP contribution in [0.2, 0.25) is 0 Å². The van der Waals surface area contributed by atoms with Crippen molar-refractivity contribution in [3.63, 3.8) is 0 Å². The first-order chi connectivity index (χ1) is 10.1. The second-order valence-electron chi connectivity index (χ2n) is 5.40.